The molecular formula is C16H22N2O3S2. The van der Waals surface area contributed by atoms with Crippen molar-refractivity contribution >= 4 is 32.5 Å². The summed E-state index contributed by atoms with van der Waals surface area (Å²) in [6.45, 7) is 5.62. The number of rotatable bonds is 5. The number of sulfone groups is 1. The summed E-state index contributed by atoms with van der Waals surface area (Å²) in [5.74, 6) is 1.30. The molecular weight excluding hydrogens is 332 g/mol. The van der Waals surface area contributed by atoms with Crippen molar-refractivity contribution in [2.75, 3.05) is 29.6 Å². The van der Waals surface area contributed by atoms with Crippen LogP contribution in [-0.2, 0) is 9.84 Å². The molecule has 0 amide bonds. The Labute approximate surface area is 142 Å². The van der Waals surface area contributed by atoms with Crippen LogP contribution in [-0.4, -0.2) is 49.5 Å². The third-order valence-corrected chi connectivity index (χ3v) is 7.19. The number of hydrogen-bond donors (Lipinski definition) is 0. The van der Waals surface area contributed by atoms with E-state index < -0.39 is 9.84 Å². The Bertz CT molecular complexity index is 686. The standard InChI is InChI=1S/C16H22N2O3S2/c1-3-9-18(12-5-7-13(8-6-12)21-4-2)16-17-14-10-23(19,20)11-15(14)22-16/h5-8,14-15H,3-4,9-11H2,1-2H3. The zero-order valence-corrected chi connectivity index (χ0v) is 15.1. The number of thioether (sulfide) groups is 1. The molecule has 2 unspecified atom stereocenters. The van der Waals surface area contributed by atoms with Gasteiger partial charge < -0.3 is 9.64 Å². The first-order chi connectivity index (χ1) is 11.0. The van der Waals surface area contributed by atoms with E-state index in [4.69, 9.17) is 9.73 Å². The van der Waals surface area contributed by atoms with Crippen molar-refractivity contribution in [3.05, 3.63) is 24.3 Å². The summed E-state index contributed by atoms with van der Waals surface area (Å²) >= 11 is 1.61. The van der Waals surface area contributed by atoms with Gasteiger partial charge in [0.1, 0.15) is 5.75 Å². The van der Waals surface area contributed by atoms with Crippen molar-refractivity contribution in [2.24, 2.45) is 4.99 Å². The lowest BCUT2D eigenvalue weighted by Crippen LogP contribution is -2.29. The predicted molar refractivity (Wildman–Crippen MR) is 96.5 cm³/mol. The van der Waals surface area contributed by atoms with Gasteiger partial charge in [0.25, 0.3) is 0 Å². The van der Waals surface area contributed by atoms with Crippen LogP contribution in [0.5, 0.6) is 5.75 Å². The second-order valence-corrected chi connectivity index (χ2v) is 9.15. The summed E-state index contributed by atoms with van der Waals surface area (Å²) in [7, 11) is -2.91. The molecule has 1 saturated heterocycles. The maximum absolute atomic E-state index is 11.7. The van der Waals surface area contributed by atoms with E-state index in [9.17, 15) is 8.42 Å². The SMILES string of the molecule is CCCN(C1=NC2CS(=O)(=O)CC2S1)c1ccc(OCC)cc1. The smallest absolute Gasteiger partial charge is 0.164 e. The van der Waals surface area contributed by atoms with Crippen LogP contribution in [0.15, 0.2) is 29.3 Å². The topological polar surface area (TPSA) is 59.0 Å². The average molecular weight is 354 g/mol. The van der Waals surface area contributed by atoms with Crippen molar-refractivity contribution in [2.45, 2.75) is 31.6 Å². The monoisotopic (exact) mass is 354 g/mol. The largest absolute Gasteiger partial charge is 0.494 e. The van der Waals surface area contributed by atoms with Crippen LogP contribution in [0.2, 0.25) is 0 Å². The highest BCUT2D eigenvalue weighted by Gasteiger charge is 2.43. The zero-order valence-electron chi connectivity index (χ0n) is 13.4. The molecule has 1 aromatic carbocycles. The van der Waals surface area contributed by atoms with Crippen LogP contribution in [0.4, 0.5) is 5.69 Å². The quantitative estimate of drug-likeness (QED) is 0.813. The van der Waals surface area contributed by atoms with Gasteiger partial charge in [-0.3, -0.25) is 4.99 Å². The molecule has 0 bridgehead atoms. The van der Waals surface area contributed by atoms with Gasteiger partial charge in [-0.05, 0) is 37.6 Å². The lowest BCUT2D eigenvalue weighted by Gasteiger charge is -2.24. The Hall–Kier alpha value is -1.21. The minimum absolute atomic E-state index is 0.0806. The summed E-state index contributed by atoms with van der Waals surface area (Å²) in [5, 5.41) is 1.03. The molecule has 0 aromatic heterocycles. The maximum Gasteiger partial charge on any atom is 0.164 e. The Balaban J connectivity index is 1.80. The van der Waals surface area contributed by atoms with Gasteiger partial charge in [-0.2, -0.15) is 0 Å². The van der Waals surface area contributed by atoms with Gasteiger partial charge in [0, 0.05) is 17.5 Å². The van der Waals surface area contributed by atoms with E-state index in [0.717, 1.165) is 29.6 Å². The molecule has 0 saturated carbocycles. The Kier molecular flexibility index (Phi) is 4.87. The van der Waals surface area contributed by atoms with Crippen LogP contribution in [0.3, 0.4) is 0 Å². The van der Waals surface area contributed by atoms with Crippen LogP contribution < -0.4 is 9.64 Å². The molecule has 2 aliphatic rings. The predicted octanol–water partition coefficient (Wildman–Crippen LogP) is 2.57. The van der Waals surface area contributed by atoms with E-state index in [1.165, 1.54) is 0 Å². The molecule has 0 aliphatic carbocycles. The fourth-order valence-corrected chi connectivity index (χ4v) is 6.73. The molecule has 3 rings (SSSR count). The lowest BCUT2D eigenvalue weighted by atomic mass is 10.2. The fourth-order valence-electron chi connectivity index (χ4n) is 2.92. The minimum Gasteiger partial charge on any atom is -0.494 e. The number of hydrogen-bond acceptors (Lipinski definition) is 6. The molecule has 23 heavy (non-hydrogen) atoms. The highest BCUT2D eigenvalue weighted by molar-refractivity contribution is 8.15. The first kappa shape index (κ1) is 16.6. The van der Waals surface area contributed by atoms with Crippen molar-refractivity contribution in [1.29, 1.82) is 0 Å². The van der Waals surface area contributed by atoms with Gasteiger partial charge in [0.05, 0.1) is 24.2 Å². The Morgan fingerprint density at radius 1 is 1.26 bits per heavy atom. The molecule has 1 fully saturated rings. The normalized spacial score (nSPS) is 25.0. The van der Waals surface area contributed by atoms with Gasteiger partial charge in [-0.1, -0.05) is 18.7 Å². The van der Waals surface area contributed by atoms with Gasteiger partial charge >= 0.3 is 0 Å². The summed E-state index contributed by atoms with van der Waals surface area (Å²) in [6, 6.07) is 7.92. The Morgan fingerprint density at radius 3 is 2.61 bits per heavy atom. The van der Waals surface area contributed by atoms with E-state index in [2.05, 4.69) is 11.8 Å². The van der Waals surface area contributed by atoms with Crippen molar-refractivity contribution < 1.29 is 13.2 Å². The van der Waals surface area contributed by atoms with Gasteiger partial charge in [-0.25, -0.2) is 8.42 Å². The van der Waals surface area contributed by atoms with E-state index in [1.807, 2.05) is 31.2 Å². The number of fused-ring (bicyclic) bond motifs is 1. The van der Waals surface area contributed by atoms with Crippen LogP contribution in [0.1, 0.15) is 20.3 Å². The van der Waals surface area contributed by atoms with Gasteiger partial charge in [-0.15, -0.1) is 0 Å². The lowest BCUT2D eigenvalue weighted by molar-refractivity contribution is 0.340. The molecule has 2 atom stereocenters. The number of amidine groups is 1. The number of ether oxygens (including phenoxy) is 1. The number of nitrogens with zero attached hydrogens (tertiary/aromatic N) is 2. The highest BCUT2D eigenvalue weighted by atomic mass is 32.2. The maximum atomic E-state index is 11.7. The van der Waals surface area contributed by atoms with Gasteiger partial charge in [0.2, 0.25) is 0 Å². The van der Waals surface area contributed by atoms with E-state index >= 15 is 0 Å². The molecule has 7 heteroatoms. The molecule has 0 N–H and O–H groups in total. The summed E-state index contributed by atoms with van der Waals surface area (Å²) in [5.41, 5.74) is 1.07. The van der Waals surface area contributed by atoms with Crippen molar-refractivity contribution in [3.8, 4) is 5.75 Å². The van der Waals surface area contributed by atoms with Crippen molar-refractivity contribution in [3.63, 3.8) is 0 Å². The molecule has 0 radical (unpaired) electrons. The van der Waals surface area contributed by atoms with Crippen LogP contribution in [0.25, 0.3) is 0 Å². The Morgan fingerprint density at radius 2 is 2.00 bits per heavy atom. The van der Waals surface area contributed by atoms with E-state index in [0.29, 0.717) is 6.61 Å². The number of anilines is 1. The van der Waals surface area contributed by atoms with Crippen LogP contribution >= 0.6 is 11.8 Å². The third kappa shape index (κ3) is 3.66. The number of benzene rings is 1. The summed E-state index contributed by atoms with van der Waals surface area (Å²) in [4.78, 5) is 6.88. The molecule has 126 valence electrons. The minimum atomic E-state index is -2.91. The van der Waals surface area contributed by atoms with Crippen LogP contribution in [0, 0.1) is 0 Å². The summed E-state index contributed by atoms with van der Waals surface area (Å²) in [6.07, 6.45) is 1.00. The third-order valence-electron chi connectivity index (χ3n) is 3.94. The van der Waals surface area contributed by atoms with E-state index in [1.54, 1.807) is 11.8 Å². The molecule has 5 nitrogen and oxygen atoms in total. The molecule has 2 heterocycles. The van der Waals surface area contributed by atoms with Crippen molar-refractivity contribution in [1.82, 2.24) is 0 Å². The fraction of sp³-hybridized carbons (Fsp3) is 0.562. The average Bonchev–Trinajstić information content (AvgIpc) is 2.99. The first-order valence-corrected chi connectivity index (χ1v) is 10.7. The second-order valence-electron chi connectivity index (χ2n) is 5.79. The zero-order chi connectivity index (χ0) is 16.4. The first-order valence-electron chi connectivity index (χ1n) is 7.97. The van der Waals surface area contributed by atoms with E-state index in [-0.39, 0.29) is 22.8 Å². The molecule has 1 aromatic rings. The molecule has 2 aliphatic heterocycles. The second kappa shape index (κ2) is 6.73. The summed E-state index contributed by atoms with van der Waals surface area (Å²) < 4.78 is 28.9. The van der Waals surface area contributed by atoms with Gasteiger partial charge in [0.15, 0.2) is 15.0 Å². The highest BCUT2D eigenvalue weighted by Crippen LogP contribution is 2.37. The number of aliphatic imine (C=N–C) groups is 1. The molecule has 0 spiro atoms.